The second-order valence-corrected chi connectivity index (χ2v) is 11.6. The number of nitrogens with zero attached hydrogens (tertiary/aromatic N) is 5. The van der Waals surface area contributed by atoms with Crippen molar-refractivity contribution >= 4 is 5.78 Å². The Hall–Kier alpha value is -3.80. The highest BCUT2D eigenvalue weighted by atomic mass is 16.5. The summed E-state index contributed by atoms with van der Waals surface area (Å²) in [5.74, 6) is 0.595. The smallest absolute Gasteiger partial charge is 0.259 e. The Morgan fingerprint density at radius 2 is 1.85 bits per heavy atom. The normalized spacial score (nSPS) is 20.5. The maximum atomic E-state index is 14.3. The van der Waals surface area contributed by atoms with Crippen LogP contribution in [-0.4, -0.2) is 42.1 Å². The molecule has 1 fully saturated rings. The second kappa shape index (κ2) is 12.0. The maximum Gasteiger partial charge on any atom is 0.259 e. The number of rotatable bonds is 9. The summed E-state index contributed by atoms with van der Waals surface area (Å²) in [7, 11) is 0. The van der Waals surface area contributed by atoms with E-state index in [0.717, 1.165) is 66.5 Å². The molecule has 5 rings (SSSR count). The summed E-state index contributed by atoms with van der Waals surface area (Å²) in [6.45, 7) is 7.86. The molecule has 0 bridgehead atoms. The van der Waals surface area contributed by atoms with Gasteiger partial charge >= 0.3 is 0 Å². The number of hydrogen-bond donors (Lipinski definition) is 1. The zero-order valence-electron chi connectivity index (χ0n) is 24.4. The Labute approximate surface area is 241 Å². The van der Waals surface area contributed by atoms with E-state index in [1.54, 1.807) is 6.92 Å². The average molecular weight is 554 g/mol. The first-order valence-corrected chi connectivity index (χ1v) is 14.6. The third kappa shape index (κ3) is 5.83. The van der Waals surface area contributed by atoms with Gasteiger partial charge in [-0.2, -0.15) is 15.3 Å². The fourth-order valence-corrected chi connectivity index (χ4v) is 6.05. The van der Waals surface area contributed by atoms with Crippen LogP contribution in [-0.2, 0) is 17.6 Å². The lowest BCUT2D eigenvalue weighted by Gasteiger charge is -2.40. The standard InChI is InChI=1S/C33H39N5O3/c1-5-8-30-29(19-24-11-13-25(14-12-24)28-10-7-6-9-26(28)20-34)31(40)37(32-35-21-36-38(30)32)27-15-17-33(4,18-16-27)41-23(3)22(2)39/h6-7,9-14,21-23,27,39H,5,8,15-19H2,1-4H3. The van der Waals surface area contributed by atoms with Crippen LogP contribution in [0.15, 0.2) is 59.7 Å². The summed E-state index contributed by atoms with van der Waals surface area (Å²) in [4.78, 5) is 18.8. The number of hydrogen-bond acceptors (Lipinski definition) is 6. The van der Waals surface area contributed by atoms with Crippen molar-refractivity contribution in [2.24, 2.45) is 0 Å². The van der Waals surface area contributed by atoms with Gasteiger partial charge in [-0.1, -0.05) is 55.8 Å². The molecule has 0 radical (unpaired) electrons. The van der Waals surface area contributed by atoms with Gasteiger partial charge in [-0.3, -0.25) is 9.36 Å². The number of aliphatic hydroxyl groups is 1. The number of benzene rings is 2. The van der Waals surface area contributed by atoms with Crippen LogP contribution in [0.25, 0.3) is 16.9 Å². The lowest BCUT2D eigenvalue weighted by atomic mass is 9.83. The van der Waals surface area contributed by atoms with Crippen LogP contribution in [0.5, 0.6) is 0 Å². The highest BCUT2D eigenvalue weighted by Crippen LogP contribution is 2.38. The van der Waals surface area contributed by atoms with E-state index in [-0.39, 0.29) is 23.3 Å². The Morgan fingerprint density at radius 3 is 2.51 bits per heavy atom. The molecule has 4 aromatic rings. The van der Waals surface area contributed by atoms with E-state index >= 15 is 0 Å². The van der Waals surface area contributed by atoms with Crippen molar-refractivity contribution in [2.75, 3.05) is 0 Å². The van der Waals surface area contributed by atoms with Crippen LogP contribution in [0.1, 0.15) is 88.2 Å². The predicted molar refractivity (Wildman–Crippen MR) is 159 cm³/mol. The van der Waals surface area contributed by atoms with Gasteiger partial charge in [0.15, 0.2) is 0 Å². The van der Waals surface area contributed by atoms with E-state index < -0.39 is 6.10 Å². The second-order valence-electron chi connectivity index (χ2n) is 11.6. The fraction of sp³-hybridized carbons (Fsp3) is 0.455. The number of aromatic nitrogens is 4. The molecule has 1 aliphatic carbocycles. The van der Waals surface area contributed by atoms with E-state index in [9.17, 15) is 15.2 Å². The highest BCUT2D eigenvalue weighted by Gasteiger charge is 2.36. The maximum absolute atomic E-state index is 14.3. The zero-order chi connectivity index (χ0) is 29.1. The van der Waals surface area contributed by atoms with Crippen LogP contribution in [0.4, 0.5) is 0 Å². The molecule has 2 atom stereocenters. The predicted octanol–water partition coefficient (Wildman–Crippen LogP) is 5.63. The molecule has 8 nitrogen and oxygen atoms in total. The molecule has 2 aromatic heterocycles. The Bertz CT molecular complexity index is 1600. The lowest BCUT2D eigenvalue weighted by molar-refractivity contribution is -0.133. The van der Waals surface area contributed by atoms with Gasteiger partial charge in [-0.05, 0) is 75.6 Å². The fourth-order valence-electron chi connectivity index (χ4n) is 6.05. The summed E-state index contributed by atoms with van der Waals surface area (Å²) >= 11 is 0. The van der Waals surface area contributed by atoms with E-state index in [1.165, 1.54) is 6.33 Å². The monoisotopic (exact) mass is 553 g/mol. The molecule has 2 heterocycles. The quantitative estimate of drug-likeness (QED) is 0.288. The number of fused-ring (bicyclic) bond motifs is 1. The van der Waals surface area contributed by atoms with E-state index in [1.807, 2.05) is 64.5 Å². The average Bonchev–Trinajstić information content (AvgIpc) is 3.45. The SMILES string of the molecule is CCCc1c(Cc2ccc(-c3ccccc3C#N)cc2)c(=O)n(C2CCC(C)(OC(C)C(C)O)CC2)c2ncnn12. The van der Waals surface area contributed by atoms with Crippen LogP contribution >= 0.6 is 0 Å². The van der Waals surface area contributed by atoms with Crippen molar-refractivity contribution in [3.8, 4) is 17.2 Å². The lowest BCUT2D eigenvalue weighted by Crippen LogP contribution is -2.42. The van der Waals surface area contributed by atoms with Crippen molar-refractivity contribution < 1.29 is 9.84 Å². The third-order valence-electron chi connectivity index (χ3n) is 8.53. The van der Waals surface area contributed by atoms with Gasteiger partial charge in [0, 0.05) is 18.0 Å². The molecule has 1 saturated carbocycles. The van der Waals surface area contributed by atoms with E-state index in [0.29, 0.717) is 17.8 Å². The van der Waals surface area contributed by atoms with Crippen molar-refractivity contribution in [1.29, 1.82) is 5.26 Å². The largest absolute Gasteiger partial charge is 0.391 e. The molecule has 1 aliphatic rings. The third-order valence-corrected chi connectivity index (χ3v) is 8.53. The van der Waals surface area contributed by atoms with Gasteiger partial charge in [-0.25, -0.2) is 4.52 Å². The molecule has 0 aliphatic heterocycles. The molecule has 2 unspecified atom stereocenters. The summed E-state index contributed by atoms with van der Waals surface area (Å²) in [6, 6.07) is 18.0. The number of aliphatic hydroxyl groups excluding tert-OH is 1. The van der Waals surface area contributed by atoms with Crippen molar-refractivity contribution in [3.63, 3.8) is 0 Å². The van der Waals surface area contributed by atoms with Gasteiger partial charge < -0.3 is 9.84 Å². The van der Waals surface area contributed by atoms with Crippen molar-refractivity contribution in [2.45, 2.75) is 96.5 Å². The van der Waals surface area contributed by atoms with Crippen LogP contribution in [0.3, 0.4) is 0 Å². The summed E-state index contributed by atoms with van der Waals surface area (Å²) in [6.07, 6.45) is 6.00. The Kier molecular flexibility index (Phi) is 8.39. The molecule has 41 heavy (non-hydrogen) atoms. The molecule has 0 spiro atoms. The first kappa shape index (κ1) is 28.7. The zero-order valence-corrected chi connectivity index (χ0v) is 24.4. The van der Waals surface area contributed by atoms with E-state index in [2.05, 4.69) is 30.0 Å². The minimum absolute atomic E-state index is 0.000257. The molecule has 8 heteroatoms. The van der Waals surface area contributed by atoms with Crippen LogP contribution in [0, 0.1) is 11.3 Å². The molecule has 214 valence electrons. The number of aryl methyl sites for hydroxylation is 1. The molecule has 0 amide bonds. The van der Waals surface area contributed by atoms with Crippen LogP contribution < -0.4 is 5.56 Å². The van der Waals surface area contributed by atoms with Crippen molar-refractivity contribution in [1.82, 2.24) is 19.2 Å². The van der Waals surface area contributed by atoms with Gasteiger partial charge in [0.2, 0.25) is 5.78 Å². The van der Waals surface area contributed by atoms with Crippen molar-refractivity contribution in [3.05, 3.63) is 87.6 Å². The highest BCUT2D eigenvalue weighted by molar-refractivity contribution is 5.70. The van der Waals surface area contributed by atoms with Gasteiger partial charge in [-0.15, -0.1) is 0 Å². The molecule has 1 N–H and O–H groups in total. The first-order chi connectivity index (χ1) is 19.7. The van der Waals surface area contributed by atoms with Gasteiger partial charge in [0.05, 0.1) is 35.1 Å². The summed E-state index contributed by atoms with van der Waals surface area (Å²) in [5, 5.41) is 24.0. The topological polar surface area (TPSA) is 105 Å². The molecular formula is C33H39N5O3. The summed E-state index contributed by atoms with van der Waals surface area (Å²) in [5.41, 5.74) is 4.87. The molecular weight excluding hydrogens is 514 g/mol. The first-order valence-electron chi connectivity index (χ1n) is 14.6. The summed E-state index contributed by atoms with van der Waals surface area (Å²) < 4.78 is 9.97. The Balaban J connectivity index is 1.48. The molecule has 2 aromatic carbocycles. The van der Waals surface area contributed by atoms with Gasteiger partial charge in [0.1, 0.15) is 6.33 Å². The Morgan fingerprint density at radius 1 is 1.15 bits per heavy atom. The molecule has 0 saturated heterocycles. The number of ether oxygens (including phenoxy) is 1. The number of nitriles is 1. The minimum atomic E-state index is -0.536. The van der Waals surface area contributed by atoms with E-state index in [4.69, 9.17) is 4.74 Å². The minimum Gasteiger partial charge on any atom is -0.391 e. The van der Waals surface area contributed by atoms with Gasteiger partial charge in [0.25, 0.3) is 5.56 Å². The van der Waals surface area contributed by atoms with Crippen LogP contribution in [0.2, 0.25) is 0 Å².